The number of nitrogens with one attached hydrogen (secondary N) is 1. The zero-order valence-corrected chi connectivity index (χ0v) is 18.3. The molecule has 3 aromatic carbocycles. The summed E-state index contributed by atoms with van der Waals surface area (Å²) in [6, 6.07) is 24.1. The average Bonchev–Trinajstić information content (AvgIpc) is 2.82. The number of carbonyl (C=O) groups is 2. The summed E-state index contributed by atoms with van der Waals surface area (Å²) in [6.45, 7) is 6.12. The minimum atomic E-state index is -0.123. The van der Waals surface area contributed by atoms with E-state index in [9.17, 15) is 9.59 Å². The van der Waals surface area contributed by atoms with Crippen LogP contribution in [0.1, 0.15) is 42.6 Å². The van der Waals surface area contributed by atoms with Crippen LogP contribution in [0.5, 0.6) is 0 Å². The molecule has 0 radical (unpaired) electrons. The minimum absolute atomic E-state index is 0.0388. The van der Waals surface area contributed by atoms with Crippen molar-refractivity contribution in [3.63, 3.8) is 0 Å². The fraction of sp³-hybridized carbons (Fsp3) is 0.333. The summed E-state index contributed by atoms with van der Waals surface area (Å²) in [4.78, 5) is 27.8. The quantitative estimate of drug-likeness (QED) is 0.653. The summed E-state index contributed by atoms with van der Waals surface area (Å²) in [7, 11) is 0. The third-order valence-electron chi connectivity index (χ3n) is 6.43. The third kappa shape index (κ3) is 4.63. The van der Waals surface area contributed by atoms with Gasteiger partial charge in [0.1, 0.15) is 0 Å². The highest BCUT2D eigenvalue weighted by Crippen LogP contribution is 2.25. The molecule has 160 valence electrons. The predicted octanol–water partition coefficient (Wildman–Crippen LogP) is 4.79. The minimum Gasteiger partial charge on any atom is -0.355 e. The van der Waals surface area contributed by atoms with Crippen LogP contribution in [0.15, 0.2) is 72.8 Å². The van der Waals surface area contributed by atoms with E-state index in [1.807, 2.05) is 65.6 Å². The van der Waals surface area contributed by atoms with E-state index in [2.05, 4.69) is 31.3 Å². The molecule has 0 atom stereocenters. The second-order valence-electron chi connectivity index (χ2n) is 9.06. The van der Waals surface area contributed by atoms with Crippen LogP contribution in [-0.4, -0.2) is 36.3 Å². The molecule has 4 nitrogen and oxygen atoms in total. The number of likely N-dealkylation sites (tertiary alicyclic amines) is 1. The van der Waals surface area contributed by atoms with Gasteiger partial charge in [-0.05, 0) is 35.2 Å². The number of fused-ring (bicyclic) bond motifs is 1. The van der Waals surface area contributed by atoms with Gasteiger partial charge < -0.3 is 10.2 Å². The average molecular weight is 415 g/mol. The van der Waals surface area contributed by atoms with Crippen molar-refractivity contribution in [3.8, 4) is 0 Å². The van der Waals surface area contributed by atoms with E-state index in [-0.39, 0.29) is 23.1 Å². The summed E-state index contributed by atoms with van der Waals surface area (Å²) in [5.74, 6) is 0.116. The molecule has 1 heterocycles. The van der Waals surface area contributed by atoms with E-state index in [0.29, 0.717) is 32.5 Å². The Morgan fingerprint density at radius 1 is 0.903 bits per heavy atom. The zero-order valence-electron chi connectivity index (χ0n) is 18.3. The SMILES string of the molecule is CC(C)(CNC(=O)C1CCN(C(=O)c2cccc3ccccc23)CC1)c1ccccc1. The van der Waals surface area contributed by atoms with Gasteiger partial charge in [0.25, 0.3) is 5.91 Å². The maximum atomic E-state index is 13.1. The normalized spacial score (nSPS) is 15.1. The summed E-state index contributed by atoms with van der Waals surface area (Å²) in [5, 5.41) is 5.21. The second-order valence-corrected chi connectivity index (χ2v) is 9.06. The van der Waals surface area contributed by atoms with E-state index in [1.165, 1.54) is 5.56 Å². The molecule has 1 N–H and O–H groups in total. The van der Waals surface area contributed by atoms with Crippen molar-refractivity contribution in [2.45, 2.75) is 32.1 Å². The molecule has 2 amide bonds. The van der Waals surface area contributed by atoms with Crippen LogP contribution in [0.2, 0.25) is 0 Å². The maximum Gasteiger partial charge on any atom is 0.254 e. The van der Waals surface area contributed by atoms with Crippen LogP contribution >= 0.6 is 0 Å². The summed E-state index contributed by atoms with van der Waals surface area (Å²) in [5.41, 5.74) is 1.83. The molecule has 0 saturated carbocycles. The molecule has 31 heavy (non-hydrogen) atoms. The molecule has 1 saturated heterocycles. The maximum absolute atomic E-state index is 13.1. The van der Waals surface area contributed by atoms with Gasteiger partial charge in [0.2, 0.25) is 5.91 Å². The second kappa shape index (κ2) is 8.93. The van der Waals surface area contributed by atoms with Crippen molar-refractivity contribution < 1.29 is 9.59 Å². The van der Waals surface area contributed by atoms with Crippen LogP contribution in [-0.2, 0) is 10.2 Å². The first-order valence-electron chi connectivity index (χ1n) is 11.1. The third-order valence-corrected chi connectivity index (χ3v) is 6.43. The Balaban J connectivity index is 1.34. The van der Waals surface area contributed by atoms with Crippen LogP contribution in [0.4, 0.5) is 0 Å². The highest BCUT2D eigenvalue weighted by molar-refractivity contribution is 6.07. The lowest BCUT2D eigenvalue weighted by atomic mass is 9.84. The van der Waals surface area contributed by atoms with E-state index in [0.717, 1.165) is 16.3 Å². The Bertz CT molecular complexity index is 1060. The van der Waals surface area contributed by atoms with E-state index in [1.54, 1.807) is 0 Å². The Labute approximate surface area is 184 Å². The number of amides is 2. The Kier molecular flexibility index (Phi) is 6.08. The highest BCUT2D eigenvalue weighted by Gasteiger charge is 2.29. The van der Waals surface area contributed by atoms with Crippen LogP contribution in [0.3, 0.4) is 0 Å². The molecule has 3 aromatic rings. The van der Waals surface area contributed by atoms with Gasteiger partial charge in [-0.25, -0.2) is 0 Å². The van der Waals surface area contributed by atoms with Gasteiger partial charge in [0.15, 0.2) is 0 Å². The van der Waals surface area contributed by atoms with Crippen LogP contribution in [0, 0.1) is 5.92 Å². The highest BCUT2D eigenvalue weighted by atomic mass is 16.2. The first kappa shape index (κ1) is 21.1. The Hall–Kier alpha value is -3.14. The Morgan fingerprint density at radius 3 is 2.29 bits per heavy atom. The van der Waals surface area contributed by atoms with Gasteiger partial charge in [-0.15, -0.1) is 0 Å². The van der Waals surface area contributed by atoms with Gasteiger partial charge in [-0.3, -0.25) is 9.59 Å². The molecule has 0 bridgehead atoms. The van der Waals surface area contributed by atoms with Crippen molar-refractivity contribution >= 4 is 22.6 Å². The number of piperidine rings is 1. The number of nitrogens with zero attached hydrogens (tertiary/aromatic N) is 1. The van der Waals surface area contributed by atoms with E-state index in [4.69, 9.17) is 0 Å². The number of benzene rings is 3. The van der Waals surface area contributed by atoms with Gasteiger partial charge in [-0.2, -0.15) is 0 Å². The molecule has 1 fully saturated rings. The largest absolute Gasteiger partial charge is 0.355 e. The topological polar surface area (TPSA) is 49.4 Å². The monoisotopic (exact) mass is 414 g/mol. The molecule has 4 rings (SSSR count). The Morgan fingerprint density at radius 2 is 1.55 bits per heavy atom. The molecule has 0 unspecified atom stereocenters. The van der Waals surface area contributed by atoms with Crippen LogP contribution in [0.25, 0.3) is 10.8 Å². The lowest BCUT2D eigenvalue weighted by Gasteiger charge is -2.33. The van der Waals surface area contributed by atoms with Gasteiger partial charge in [-0.1, -0.05) is 80.6 Å². The molecule has 0 spiro atoms. The molecule has 1 aliphatic rings. The molecular weight excluding hydrogens is 384 g/mol. The zero-order chi connectivity index (χ0) is 21.8. The lowest BCUT2D eigenvalue weighted by molar-refractivity contribution is -0.126. The first-order chi connectivity index (χ1) is 15.0. The smallest absolute Gasteiger partial charge is 0.254 e. The summed E-state index contributed by atoms with van der Waals surface area (Å²) >= 11 is 0. The van der Waals surface area contributed by atoms with Crippen molar-refractivity contribution in [3.05, 3.63) is 83.9 Å². The molecule has 4 heteroatoms. The van der Waals surface area contributed by atoms with Crippen molar-refractivity contribution in [1.82, 2.24) is 10.2 Å². The number of rotatable bonds is 5. The van der Waals surface area contributed by atoms with Crippen LogP contribution < -0.4 is 5.32 Å². The standard InChI is InChI=1S/C27H30N2O2/c1-27(2,22-11-4-3-5-12-22)19-28-25(30)21-15-17-29(18-16-21)26(31)24-14-8-10-20-9-6-7-13-23(20)24/h3-14,21H,15-19H2,1-2H3,(H,28,30). The van der Waals surface area contributed by atoms with Gasteiger partial charge in [0.05, 0.1) is 0 Å². The van der Waals surface area contributed by atoms with Gasteiger partial charge >= 0.3 is 0 Å². The first-order valence-corrected chi connectivity index (χ1v) is 11.1. The molecular formula is C27H30N2O2. The number of carbonyl (C=O) groups excluding carboxylic acids is 2. The number of hydrogen-bond acceptors (Lipinski definition) is 2. The van der Waals surface area contributed by atoms with Crippen molar-refractivity contribution in [2.24, 2.45) is 5.92 Å². The molecule has 0 aliphatic carbocycles. The van der Waals surface area contributed by atoms with Crippen molar-refractivity contribution in [1.29, 1.82) is 0 Å². The van der Waals surface area contributed by atoms with E-state index >= 15 is 0 Å². The van der Waals surface area contributed by atoms with Gasteiger partial charge in [0, 0.05) is 36.5 Å². The van der Waals surface area contributed by atoms with E-state index < -0.39 is 0 Å². The fourth-order valence-corrected chi connectivity index (χ4v) is 4.37. The van der Waals surface area contributed by atoms with Crippen molar-refractivity contribution in [2.75, 3.05) is 19.6 Å². The fourth-order valence-electron chi connectivity index (χ4n) is 4.37. The summed E-state index contributed by atoms with van der Waals surface area (Å²) < 4.78 is 0. The predicted molar refractivity (Wildman–Crippen MR) is 125 cm³/mol. The molecule has 0 aromatic heterocycles. The number of hydrogen-bond donors (Lipinski definition) is 1. The molecule has 1 aliphatic heterocycles. The summed E-state index contributed by atoms with van der Waals surface area (Å²) in [6.07, 6.45) is 1.40. The lowest BCUT2D eigenvalue weighted by Crippen LogP contribution is -2.45.